The predicted molar refractivity (Wildman–Crippen MR) is 74.3 cm³/mol. The van der Waals surface area contributed by atoms with Crippen molar-refractivity contribution in [3.63, 3.8) is 0 Å². The van der Waals surface area contributed by atoms with E-state index in [0.717, 1.165) is 11.3 Å². The Bertz CT molecular complexity index is 573. The van der Waals surface area contributed by atoms with Crippen molar-refractivity contribution in [3.8, 4) is 0 Å². The van der Waals surface area contributed by atoms with Crippen molar-refractivity contribution in [2.45, 2.75) is 26.8 Å². The van der Waals surface area contributed by atoms with Gasteiger partial charge in [-0.3, -0.25) is 0 Å². The summed E-state index contributed by atoms with van der Waals surface area (Å²) < 4.78 is 27.3. The molecule has 0 bridgehead atoms. The molecule has 0 heterocycles. The summed E-state index contributed by atoms with van der Waals surface area (Å²) in [5.74, 6) is -1.05. The van der Waals surface area contributed by atoms with Crippen molar-refractivity contribution in [1.82, 2.24) is 0 Å². The fourth-order valence-electron chi connectivity index (χ4n) is 2.08. The Morgan fingerprint density at radius 1 is 0.947 bits per heavy atom. The van der Waals surface area contributed by atoms with Gasteiger partial charge >= 0.3 is 0 Å². The van der Waals surface area contributed by atoms with E-state index in [4.69, 9.17) is 0 Å². The van der Waals surface area contributed by atoms with E-state index in [-0.39, 0.29) is 5.56 Å². The number of halogens is 2. The van der Waals surface area contributed by atoms with E-state index in [1.165, 1.54) is 23.8 Å². The molecule has 0 spiro atoms. The molecule has 0 fully saturated rings. The van der Waals surface area contributed by atoms with Gasteiger partial charge in [0.1, 0.15) is 11.6 Å². The summed E-state index contributed by atoms with van der Waals surface area (Å²) >= 11 is 0. The maximum Gasteiger partial charge on any atom is 0.131 e. The monoisotopic (exact) mass is 261 g/mol. The van der Waals surface area contributed by atoms with Crippen LogP contribution >= 0.6 is 0 Å². The highest BCUT2D eigenvalue weighted by molar-refractivity contribution is 5.49. The Hall–Kier alpha value is -1.90. The van der Waals surface area contributed by atoms with Crippen LogP contribution in [-0.4, -0.2) is 0 Å². The summed E-state index contributed by atoms with van der Waals surface area (Å²) in [5, 5.41) is 3.13. The van der Waals surface area contributed by atoms with Crippen molar-refractivity contribution in [2.24, 2.45) is 0 Å². The Labute approximate surface area is 112 Å². The molecule has 100 valence electrons. The molecule has 1 unspecified atom stereocenters. The molecule has 1 nitrogen and oxygen atoms in total. The van der Waals surface area contributed by atoms with Crippen molar-refractivity contribution in [2.75, 3.05) is 5.32 Å². The smallest absolute Gasteiger partial charge is 0.131 e. The second kappa shape index (κ2) is 5.39. The van der Waals surface area contributed by atoms with E-state index in [2.05, 4.69) is 5.32 Å². The Balaban J connectivity index is 2.25. The third-order valence-corrected chi connectivity index (χ3v) is 3.32. The third kappa shape index (κ3) is 2.92. The SMILES string of the molecule is Cc1ccc(NC(C)c2c(F)cccc2F)cc1C. The predicted octanol–water partition coefficient (Wildman–Crippen LogP) is 4.75. The summed E-state index contributed by atoms with van der Waals surface area (Å²) in [7, 11) is 0. The van der Waals surface area contributed by atoms with Gasteiger partial charge in [0.25, 0.3) is 0 Å². The molecule has 3 heteroatoms. The maximum absolute atomic E-state index is 13.7. The first-order chi connectivity index (χ1) is 8.99. The van der Waals surface area contributed by atoms with Crippen LogP contribution < -0.4 is 5.32 Å². The van der Waals surface area contributed by atoms with Crippen LogP contribution in [0.15, 0.2) is 36.4 Å². The van der Waals surface area contributed by atoms with Crippen molar-refractivity contribution >= 4 is 5.69 Å². The number of hydrogen-bond donors (Lipinski definition) is 1. The molecule has 2 aromatic carbocycles. The zero-order chi connectivity index (χ0) is 14.0. The zero-order valence-electron chi connectivity index (χ0n) is 11.3. The largest absolute Gasteiger partial charge is 0.378 e. The van der Waals surface area contributed by atoms with Crippen LogP contribution in [0.5, 0.6) is 0 Å². The zero-order valence-corrected chi connectivity index (χ0v) is 11.3. The van der Waals surface area contributed by atoms with Crippen LogP contribution in [0, 0.1) is 25.5 Å². The molecule has 19 heavy (non-hydrogen) atoms. The lowest BCUT2D eigenvalue weighted by molar-refractivity contribution is 0.544. The third-order valence-electron chi connectivity index (χ3n) is 3.32. The highest BCUT2D eigenvalue weighted by Gasteiger charge is 2.15. The lowest BCUT2D eigenvalue weighted by atomic mass is 10.1. The highest BCUT2D eigenvalue weighted by atomic mass is 19.1. The first-order valence-electron chi connectivity index (χ1n) is 6.26. The van der Waals surface area contributed by atoms with Gasteiger partial charge in [0.15, 0.2) is 0 Å². The molecule has 0 saturated heterocycles. The number of anilines is 1. The molecule has 0 aromatic heterocycles. The minimum Gasteiger partial charge on any atom is -0.378 e. The number of aryl methyl sites for hydroxylation is 2. The minimum absolute atomic E-state index is 0.0701. The maximum atomic E-state index is 13.7. The molecule has 0 radical (unpaired) electrons. The fourth-order valence-corrected chi connectivity index (χ4v) is 2.08. The van der Waals surface area contributed by atoms with Gasteiger partial charge in [-0.2, -0.15) is 0 Å². The quantitative estimate of drug-likeness (QED) is 0.840. The van der Waals surface area contributed by atoms with E-state index in [9.17, 15) is 8.78 Å². The summed E-state index contributed by atoms with van der Waals surface area (Å²) in [6.07, 6.45) is 0. The van der Waals surface area contributed by atoms with Gasteiger partial charge in [-0.15, -0.1) is 0 Å². The van der Waals surface area contributed by atoms with Gasteiger partial charge < -0.3 is 5.32 Å². The van der Waals surface area contributed by atoms with E-state index >= 15 is 0 Å². The Morgan fingerprint density at radius 2 is 1.58 bits per heavy atom. The van der Waals surface area contributed by atoms with E-state index in [0.29, 0.717) is 0 Å². The normalized spacial score (nSPS) is 12.3. The van der Waals surface area contributed by atoms with E-state index < -0.39 is 17.7 Å². The van der Waals surface area contributed by atoms with Gasteiger partial charge in [0.05, 0.1) is 6.04 Å². The number of hydrogen-bond acceptors (Lipinski definition) is 1. The molecule has 1 N–H and O–H groups in total. The Morgan fingerprint density at radius 3 is 2.16 bits per heavy atom. The number of rotatable bonds is 3. The summed E-state index contributed by atoms with van der Waals surface area (Å²) in [4.78, 5) is 0. The lowest BCUT2D eigenvalue weighted by Crippen LogP contribution is -2.11. The number of nitrogens with one attached hydrogen (secondary N) is 1. The van der Waals surface area contributed by atoms with Crippen molar-refractivity contribution in [3.05, 3.63) is 64.7 Å². The van der Waals surface area contributed by atoms with Crippen LogP contribution in [0.4, 0.5) is 14.5 Å². The Kier molecular flexibility index (Phi) is 3.84. The summed E-state index contributed by atoms with van der Waals surface area (Å²) in [5.41, 5.74) is 3.26. The van der Waals surface area contributed by atoms with Crippen molar-refractivity contribution in [1.29, 1.82) is 0 Å². The summed E-state index contributed by atoms with van der Waals surface area (Å²) in [6, 6.07) is 9.37. The van der Waals surface area contributed by atoms with Crippen LogP contribution in [0.25, 0.3) is 0 Å². The van der Waals surface area contributed by atoms with Gasteiger partial charge in [-0.1, -0.05) is 12.1 Å². The molecule has 0 amide bonds. The molecular formula is C16H17F2N. The van der Waals surface area contributed by atoms with Crippen LogP contribution in [0.3, 0.4) is 0 Å². The molecule has 0 saturated carbocycles. The molecular weight excluding hydrogens is 244 g/mol. The van der Waals surface area contributed by atoms with Crippen LogP contribution in [0.1, 0.15) is 29.7 Å². The molecule has 1 atom stereocenters. The molecule has 0 aliphatic carbocycles. The van der Waals surface area contributed by atoms with E-state index in [1.54, 1.807) is 6.92 Å². The molecule has 2 rings (SSSR count). The average molecular weight is 261 g/mol. The number of benzene rings is 2. The van der Waals surface area contributed by atoms with Gasteiger partial charge in [-0.05, 0) is 56.2 Å². The first-order valence-corrected chi connectivity index (χ1v) is 6.26. The van der Waals surface area contributed by atoms with Crippen molar-refractivity contribution < 1.29 is 8.78 Å². The standard InChI is InChI=1S/C16H17F2N/c1-10-7-8-13(9-11(10)2)19-12(3)16-14(17)5-4-6-15(16)18/h4-9,12,19H,1-3H3. The molecule has 0 aliphatic rings. The minimum atomic E-state index is -0.524. The lowest BCUT2D eigenvalue weighted by Gasteiger charge is -2.17. The average Bonchev–Trinajstić information content (AvgIpc) is 2.33. The van der Waals surface area contributed by atoms with Crippen LogP contribution in [0.2, 0.25) is 0 Å². The first kappa shape index (κ1) is 13.5. The van der Waals surface area contributed by atoms with Gasteiger partial charge in [0.2, 0.25) is 0 Å². The second-order valence-corrected chi connectivity index (χ2v) is 4.80. The topological polar surface area (TPSA) is 12.0 Å². The fraction of sp³-hybridized carbons (Fsp3) is 0.250. The van der Waals surface area contributed by atoms with Gasteiger partial charge in [0, 0.05) is 11.3 Å². The van der Waals surface area contributed by atoms with Gasteiger partial charge in [-0.25, -0.2) is 8.78 Å². The van der Waals surface area contributed by atoms with Crippen LogP contribution in [-0.2, 0) is 0 Å². The second-order valence-electron chi connectivity index (χ2n) is 4.80. The molecule has 0 aliphatic heterocycles. The summed E-state index contributed by atoms with van der Waals surface area (Å²) in [6.45, 7) is 5.78. The molecule has 2 aromatic rings. The highest BCUT2D eigenvalue weighted by Crippen LogP contribution is 2.25. The van der Waals surface area contributed by atoms with E-state index in [1.807, 2.05) is 32.0 Å².